The van der Waals surface area contributed by atoms with Gasteiger partial charge < -0.3 is 10.0 Å². The average Bonchev–Trinajstić information content (AvgIpc) is 2.77. The van der Waals surface area contributed by atoms with Crippen molar-refractivity contribution in [2.75, 3.05) is 24.6 Å². The first kappa shape index (κ1) is 12.8. The summed E-state index contributed by atoms with van der Waals surface area (Å²) < 4.78 is 1.73. The summed E-state index contributed by atoms with van der Waals surface area (Å²) >= 11 is 0. The van der Waals surface area contributed by atoms with E-state index in [0.29, 0.717) is 6.54 Å². The molecule has 6 heteroatoms. The first-order chi connectivity index (χ1) is 8.77. The number of fused-ring (bicyclic) bond motifs is 1. The molecule has 18 heavy (non-hydrogen) atoms. The van der Waals surface area contributed by atoms with Crippen molar-refractivity contribution in [2.24, 2.45) is 7.05 Å². The zero-order chi connectivity index (χ0) is 13.0. The van der Waals surface area contributed by atoms with E-state index in [9.17, 15) is 0 Å². The summed E-state index contributed by atoms with van der Waals surface area (Å²) in [7, 11) is 1.86. The smallest absolute Gasteiger partial charge is 0.163 e. The van der Waals surface area contributed by atoms with Gasteiger partial charge in [0.1, 0.15) is 12.1 Å². The first-order valence-corrected chi connectivity index (χ1v) is 6.26. The lowest BCUT2D eigenvalue weighted by atomic mass is 10.3. The molecular weight excluding hydrogens is 230 g/mol. The van der Waals surface area contributed by atoms with E-state index in [-0.39, 0.29) is 6.61 Å². The lowest BCUT2D eigenvalue weighted by Gasteiger charge is -2.22. The fourth-order valence-electron chi connectivity index (χ4n) is 1.99. The van der Waals surface area contributed by atoms with Crippen molar-refractivity contribution in [3.8, 4) is 0 Å². The fraction of sp³-hybridized carbons (Fsp3) is 0.583. The van der Waals surface area contributed by atoms with Crippen molar-refractivity contribution >= 4 is 16.9 Å². The maximum absolute atomic E-state index is 9.17. The van der Waals surface area contributed by atoms with E-state index in [1.54, 1.807) is 17.2 Å². The highest BCUT2D eigenvalue weighted by Crippen LogP contribution is 2.22. The number of aliphatic hydroxyl groups excluding tert-OH is 1. The van der Waals surface area contributed by atoms with E-state index in [1.807, 2.05) is 7.05 Å². The Morgan fingerprint density at radius 2 is 2.17 bits per heavy atom. The molecule has 1 N–H and O–H groups in total. The standard InChI is InChI=1S/C12H19N5O/c1-3-4-5-17(6-7-18)12-10-8-15-16(2)11(10)13-9-14-12/h8-9,18H,3-7H2,1-2H3. The molecule has 2 rings (SSSR count). The summed E-state index contributed by atoms with van der Waals surface area (Å²) in [6, 6.07) is 0. The molecule has 0 saturated carbocycles. The summed E-state index contributed by atoms with van der Waals surface area (Å²) in [6.45, 7) is 3.74. The van der Waals surface area contributed by atoms with E-state index in [0.717, 1.165) is 36.2 Å². The zero-order valence-corrected chi connectivity index (χ0v) is 10.9. The third-order valence-corrected chi connectivity index (χ3v) is 2.96. The number of nitrogens with zero attached hydrogens (tertiary/aromatic N) is 5. The normalized spacial score (nSPS) is 11.1. The van der Waals surface area contributed by atoms with Crippen LogP contribution in [0.5, 0.6) is 0 Å². The van der Waals surface area contributed by atoms with Crippen LogP contribution in [0.1, 0.15) is 19.8 Å². The number of anilines is 1. The zero-order valence-electron chi connectivity index (χ0n) is 10.9. The molecule has 98 valence electrons. The molecule has 0 aliphatic carbocycles. The second-order valence-corrected chi connectivity index (χ2v) is 4.27. The average molecular weight is 249 g/mol. The topological polar surface area (TPSA) is 67.1 Å². The van der Waals surface area contributed by atoms with Crippen molar-refractivity contribution in [1.29, 1.82) is 0 Å². The van der Waals surface area contributed by atoms with Crippen LogP contribution in [0.15, 0.2) is 12.5 Å². The lowest BCUT2D eigenvalue weighted by Crippen LogP contribution is -2.28. The quantitative estimate of drug-likeness (QED) is 0.826. The van der Waals surface area contributed by atoms with E-state index < -0.39 is 0 Å². The van der Waals surface area contributed by atoms with E-state index in [4.69, 9.17) is 5.11 Å². The lowest BCUT2D eigenvalue weighted by molar-refractivity contribution is 0.301. The number of aryl methyl sites for hydroxylation is 1. The van der Waals surface area contributed by atoms with Crippen LogP contribution in [0.25, 0.3) is 11.0 Å². The van der Waals surface area contributed by atoms with Crippen LogP contribution >= 0.6 is 0 Å². The predicted molar refractivity (Wildman–Crippen MR) is 70.5 cm³/mol. The molecule has 0 spiro atoms. The van der Waals surface area contributed by atoms with Gasteiger partial charge in [-0.05, 0) is 6.42 Å². The van der Waals surface area contributed by atoms with Crippen LogP contribution in [0.4, 0.5) is 5.82 Å². The van der Waals surface area contributed by atoms with Crippen LogP contribution < -0.4 is 4.90 Å². The van der Waals surface area contributed by atoms with Crippen molar-refractivity contribution < 1.29 is 5.11 Å². The maximum Gasteiger partial charge on any atom is 0.163 e. The van der Waals surface area contributed by atoms with E-state index >= 15 is 0 Å². The summed E-state index contributed by atoms with van der Waals surface area (Å²) in [6.07, 6.45) is 5.52. The predicted octanol–water partition coefficient (Wildman–Crippen LogP) is 0.962. The second kappa shape index (κ2) is 5.77. The van der Waals surface area contributed by atoms with Gasteiger partial charge in [0.15, 0.2) is 5.65 Å². The summed E-state index contributed by atoms with van der Waals surface area (Å²) in [5.74, 6) is 0.857. The van der Waals surface area contributed by atoms with Gasteiger partial charge in [-0.15, -0.1) is 0 Å². The molecule has 2 aromatic heterocycles. The largest absolute Gasteiger partial charge is 0.395 e. The highest BCUT2D eigenvalue weighted by atomic mass is 16.3. The fourth-order valence-corrected chi connectivity index (χ4v) is 1.99. The van der Waals surface area contributed by atoms with Gasteiger partial charge in [0, 0.05) is 20.1 Å². The van der Waals surface area contributed by atoms with Gasteiger partial charge in [0.05, 0.1) is 18.2 Å². The Hall–Kier alpha value is -1.69. The number of hydrogen-bond donors (Lipinski definition) is 1. The summed E-state index contributed by atoms with van der Waals surface area (Å²) in [5, 5.41) is 14.3. The molecule has 0 aliphatic heterocycles. The van der Waals surface area contributed by atoms with Gasteiger partial charge in [-0.3, -0.25) is 4.68 Å². The molecule has 0 bridgehead atoms. The molecule has 6 nitrogen and oxygen atoms in total. The van der Waals surface area contributed by atoms with Crippen molar-refractivity contribution in [3.63, 3.8) is 0 Å². The SMILES string of the molecule is CCCCN(CCO)c1ncnc2c1cnn2C. The molecule has 0 aromatic carbocycles. The van der Waals surface area contributed by atoms with E-state index in [1.165, 1.54) is 0 Å². The van der Waals surface area contributed by atoms with Crippen LogP contribution in [-0.4, -0.2) is 44.6 Å². The third kappa shape index (κ3) is 2.43. The molecule has 0 fully saturated rings. The molecule has 2 heterocycles. The van der Waals surface area contributed by atoms with Gasteiger partial charge in [-0.25, -0.2) is 9.97 Å². The van der Waals surface area contributed by atoms with E-state index in [2.05, 4.69) is 26.9 Å². The van der Waals surface area contributed by atoms with Gasteiger partial charge >= 0.3 is 0 Å². The maximum atomic E-state index is 9.17. The molecule has 0 radical (unpaired) electrons. The van der Waals surface area contributed by atoms with Crippen LogP contribution in [0, 0.1) is 0 Å². The minimum Gasteiger partial charge on any atom is -0.395 e. The van der Waals surface area contributed by atoms with Gasteiger partial charge in [0.2, 0.25) is 0 Å². The number of aliphatic hydroxyl groups is 1. The van der Waals surface area contributed by atoms with Gasteiger partial charge in [-0.2, -0.15) is 5.10 Å². The Kier molecular flexibility index (Phi) is 4.09. The second-order valence-electron chi connectivity index (χ2n) is 4.27. The van der Waals surface area contributed by atoms with Crippen LogP contribution in [-0.2, 0) is 7.05 Å². The Morgan fingerprint density at radius 3 is 2.89 bits per heavy atom. The van der Waals surface area contributed by atoms with Crippen molar-refractivity contribution in [1.82, 2.24) is 19.7 Å². The van der Waals surface area contributed by atoms with Crippen molar-refractivity contribution in [3.05, 3.63) is 12.5 Å². The third-order valence-electron chi connectivity index (χ3n) is 2.96. The minimum absolute atomic E-state index is 0.121. The first-order valence-electron chi connectivity index (χ1n) is 6.26. The summed E-state index contributed by atoms with van der Waals surface area (Å²) in [4.78, 5) is 10.7. The summed E-state index contributed by atoms with van der Waals surface area (Å²) in [5.41, 5.74) is 0.819. The Bertz CT molecular complexity index is 510. The number of hydrogen-bond acceptors (Lipinski definition) is 5. The molecule has 0 atom stereocenters. The van der Waals surface area contributed by atoms with Crippen LogP contribution in [0.2, 0.25) is 0 Å². The molecular formula is C12H19N5O. The monoisotopic (exact) mass is 249 g/mol. The molecule has 0 aliphatic rings. The Labute approximate surface area is 106 Å². The molecule has 0 saturated heterocycles. The number of aromatic nitrogens is 4. The van der Waals surface area contributed by atoms with Crippen molar-refractivity contribution in [2.45, 2.75) is 19.8 Å². The molecule has 2 aromatic rings. The number of rotatable bonds is 6. The Morgan fingerprint density at radius 1 is 1.33 bits per heavy atom. The molecule has 0 unspecified atom stereocenters. The molecule has 0 amide bonds. The minimum atomic E-state index is 0.121. The highest BCUT2D eigenvalue weighted by molar-refractivity contribution is 5.86. The highest BCUT2D eigenvalue weighted by Gasteiger charge is 2.13. The van der Waals surface area contributed by atoms with Gasteiger partial charge in [0.25, 0.3) is 0 Å². The number of unbranched alkanes of at least 4 members (excludes halogenated alkanes) is 1. The van der Waals surface area contributed by atoms with Gasteiger partial charge in [-0.1, -0.05) is 13.3 Å². The Balaban J connectivity index is 2.36. The van der Waals surface area contributed by atoms with Crippen LogP contribution in [0.3, 0.4) is 0 Å².